The summed E-state index contributed by atoms with van der Waals surface area (Å²) < 4.78 is 3.44. The minimum absolute atomic E-state index is 0.0318. The van der Waals surface area contributed by atoms with Crippen molar-refractivity contribution in [2.75, 3.05) is 0 Å². The molecule has 0 bridgehead atoms. The first-order chi connectivity index (χ1) is 15.2. The number of thioether (sulfide) groups is 1. The fourth-order valence-electron chi connectivity index (χ4n) is 3.67. The summed E-state index contributed by atoms with van der Waals surface area (Å²) in [5.41, 5.74) is 1.56. The van der Waals surface area contributed by atoms with Crippen LogP contribution in [0.15, 0.2) is 76.7 Å². The highest BCUT2D eigenvalue weighted by atomic mass is 32.2. The van der Waals surface area contributed by atoms with Crippen molar-refractivity contribution in [3.05, 3.63) is 82.9 Å². The fraction of sp³-hybridized carbons (Fsp3) is 0.174. The molecule has 154 valence electrons. The lowest BCUT2D eigenvalue weighted by atomic mass is 10.1. The molecule has 2 aromatic heterocycles. The Bertz CT molecular complexity index is 1440. The smallest absolute Gasteiger partial charge is 0.262 e. The van der Waals surface area contributed by atoms with Crippen LogP contribution in [0.2, 0.25) is 0 Å². The highest BCUT2D eigenvalue weighted by molar-refractivity contribution is 7.99. The molecule has 0 aliphatic heterocycles. The van der Waals surface area contributed by atoms with Crippen LogP contribution in [0.1, 0.15) is 24.9 Å². The zero-order valence-electron chi connectivity index (χ0n) is 17.1. The molecule has 0 radical (unpaired) electrons. The number of rotatable bonds is 5. The second kappa shape index (κ2) is 7.96. The quantitative estimate of drug-likeness (QED) is 0.235. The first-order valence-corrected chi connectivity index (χ1v) is 11.0. The zero-order valence-corrected chi connectivity index (χ0v) is 18.0. The van der Waals surface area contributed by atoms with Crippen LogP contribution >= 0.6 is 11.8 Å². The lowest BCUT2D eigenvalue weighted by Gasteiger charge is -2.15. The van der Waals surface area contributed by atoms with Gasteiger partial charge in [-0.2, -0.15) is 4.68 Å². The minimum atomic E-state index is -0.113. The lowest BCUT2D eigenvalue weighted by Crippen LogP contribution is -2.22. The summed E-state index contributed by atoms with van der Waals surface area (Å²) in [6.07, 6.45) is 0. The van der Waals surface area contributed by atoms with E-state index in [4.69, 9.17) is 4.98 Å². The van der Waals surface area contributed by atoms with Gasteiger partial charge in [0, 0.05) is 6.54 Å². The molecule has 31 heavy (non-hydrogen) atoms. The zero-order chi connectivity index (χ0) is 21.4. The molecule has 0 saturated carbocycles. The second-order valence-corrected chi connectivity index (χ2v) is 8.51. The van der Waals surface area contributed by atoms with Crippen molar-refractivity contribution >= 4 is 33.4 Å². The Morgan fingerprint density at radius 3 is 2.45 bits per heavy atom. The van der Waals surface area contributed by atoms with Crippen LogP contribution in [-0.2, 0) is 6.54 Å². The number of hydrogen-bond donors (Lipinski definition) is 0. The predicted molar refractivity (Wildman–Crippen MR) is 123 cm³/mol. The van der Waals surface area contributed by atoms with Crippen molar-refractivity contribution in [2.24, 2.45) is 0 Å². The average Bonchev–Trinajstić information content (AvgIpc) is 3.29. The summed E-state index contributed by atoms with van der Waals surface area (Å²) in [6.45, 7) is 4.51. The second-order valence-electron chi connectivity index (χ2n) is 7.20. The van der Waals surface area contributed by atoms with E-state index < -0.39 is 0 Å². The topological polar surface area (TPSA) is 78.5 Å². The molecule has 5 rings (SSSR count). The maximum absolute atomic E-state index is 13.2. The SMILES string of the molecule is CCn1c(S[C@H](C)c2nnnn2-c2ccccc2)nc2cc3ccccc3cc2c1=O. The third kappa shape index (κ3) is 3.48. The van der Waals surface area contributed by atoms with Crippen LogP contribution in [-0.4, -0.2) is 29.8 Å². The van der Waals surface area contributed by atoms with Gasteiger partial charge in [0.1, 0.15) is 0 Å². The maximum Gasteiger partial charge on any atom is 0.262 e. The highest BCUT2D eigenvalue weighted by Gasteiger charge is 2.20. The Hall–Kier alpha value is -3.52. The molecule has 0 amide bonds. The highest BCUT2D eigenvalue weighted by Crippen LogP contribution is 2.33. The summed E-state index contributed by atoms with van der Waals surface area (Å²) in [5, 5.41) is 15.5. The number of hydrogen-bond acceptors (Lipinski definition) is 6. The molecule has 0 saturated heterocycles. The van der Waals surface area contributed by atoms with Crippen LogP contribution < -0.4 is 5.56 Å². The van der Waals surface area contributed by atoms with Crippen molar-refractivity contribution < 1.29 is 0 Å². The average molecular weight is 429 g/mol. The standard InChI is InChI=1S/C23H20N6OS/c1-3-28-22(30)19-13-16-9-7-8-10-17(16)14-20(19)24-23(28)31-15(2)21-25-26-27-29(21)18-11-5-4-6-12-18/h4-15H,3H2,1-2H3/t15-/m1/s1. The molecule has 7 nitrogen and oxygen atoms in total. The third-order valence-electron chi connectivity index (χ3n) is 5.24. The molecular weight excluding hydrogens is 408 g/mol. The minimum Gasteiger partial charge on any atom is -0.287 e. The van der Waals surface area contributed by atoms with E-state index >= 15 is 0 Å². The summed E-state index contributed by atoms with van der Waals surface area (Å²) in [5.74, 6) is 0.701. The Morgan fingerprint density at radius 1 is 1.00 bits per heavy atom. The van der Waals surface area contributed by atoms with E-state index in [0.29, 0.717) is 28.4 Å². The van der Waals surface area contributed by atoms with Gasteiger partial charge in [-0.1, -0.05) is 54.2 Å². The summed E-state index contributed by atoms with van der Waals surface area (Å²) >= 11 is 1.48. The molecule has 5 aromatic rings. The molecular formula is C23H20N6OS. The van der Waals surface area contributed by atoms with Crippen molar-refractivity contribution in [1.29, 1.82) is 0 Å². The largest absolute Gasteiger partial charge is 0.287 e. The Morgan fingerprint density at radius 2 is 1.71 bits per heavy atom. The molecule has 0 fully saturated rings. The van der Waals surface area contributed by atoms with E-state index in [1.54, 1.807) is 9.25 Å². The molecule has 3 aromatic carbocycles. The normalized spacial score (nSPS) is 12.5. The number of aromatic nitrogens is 6. The van der Waals surface area contributed by atoms with E-state index in [1.165, 1.54) is 11.8 Å². The van der Waals surface area contributed by atoms with Gasteiger partial charge in [-0.15, -0.1) is 5.10 Å². The van der Waals surface area contributed by atoms with Crippen LogP contribution in [0.4, 0.5) is 0 Å². The predicted octanol–water partition coefficient (Wildman–Crippen LogP) is 4.40. The van der Waals surface area contributed by atoms with E-state index in [1.807, 2.05) is 80.6 Å². The Balaban J connectivity index is 1.58. The van der Waals surface area contributed by atoms with E-state index in [2.05, 4.69) is 15.5 Å². The first-order valence-electron chi connectivity index (χ1n) is 10.1. The number of tetrazole rings is 1. The molecule has 0 aliphatic rings. The number of benzene rings is 3. The van der Waals surface area contributed by atoms with Gasteiger partial charge in [0.2, 0.25) is 0 Å². The van der Waals surface area contributed by atoms with Gasteiger partial charge >= 0.3 is 0 Å². The molecule has 0 N–H and O–H groups in total. The van der Waals surface area contributed by atoms with Gasteiger partial charge in [0.25, 0.3) is 5.56 Å². The Labute approximate surface area is 182 Å². The van der Waals surface area contributed by atoms with E-state index in [-0.39, 0.29) is 10.8 Å². The molecule has 2 heterocycles. The number of para-hydroxylation sites is 1. The van der Waals surface area contributed by atoms with E-state index in [9.17, 15) is 4.79 Å². The van der Waals surface area contributed by atoms with Gasteiger partial charge in [-0.05, 0) is 59.3 Å². The summed E-state index contributed by atoms with van der Waals surface area (Å²) in [4.78, 5) is 18.1. The van der Waals surface area contributed by atoms with E-state index in [0.717, 1.165) is 16.5 Å². The maximum atomic E-state index is 13.2. The molecule has 0 spiro atoms. The van der Waals surface area contributed by atoms with Gasteiger partial charge in [-0.25, -0.2) is 4.98 Å². The monoisotopic (exact) mass is 428 g/mol. The lowest BCUT2D eigenvalue weighted by molar-refractivity contribution is 0.632. The van der Waals surface area contributed by atoms with Crippen LogP contribution in [0.25, 0.3) is 27.4 Å². The van der Waals surface area contributed by atoms with Gasteiger partial charge in [-0.3, -0.25) is 9.36 Å². The molecule has 0 aliphatic carbocycles. The van der Waals surface area contributed by atoms with Gasteiger partial charge in [0.05, 0.1) is 21.8 Å². The molecule has 0 unspecified atom stereocenters. The van der Waals surface area contributed by atoms with Crippen LogP contribution in [0.3, 0.4) is 0 Å². The molecule has 8 heteroatoms. The number of nitrogens with zero attached hydrogens (tertiary/aromatic N) is 6. The summed E-state index contributed by atoms with van der Waals surface area (Å²) in [7, 11) is 0. The third-order valence-corrected chi connectivity index (χ3v) is 6.33. The van der Waals surface area contributed by atoms with Crippen molar-refractivity contribution in [2.45, 2.75) is 30.8 Å². The van der Waals surface area contributed by atoms with Crippen LogP contribution in [0.5, 0.6) is 0 Å². The molecule has 1 atom stereocenters. The summed E-state index contributed by atoms with van der Waals surface area (Å²) in [6, 6.07) is 21.7. The van der Waals surface area contributed by atoms with Gasteiger partial charge in [0.15, 0.2) is 11.0 Å². The van der Waals surface area contributed by atoms with Gasteiger partial charge < -0.3 is 0 Å². The van der Waals surface area contributed by atoms with Crippen LogP contribution in [0, 0.1) is 0 Å². The van der Waals surface area contributed by atoms with Crippen molar-refractivity contribution in [3.63, 3.8) is 0 Å². The first kappa shape index (κ1) is 19.4. The Kier molecular flexibility index (Phi) is 4.99. The number of fused-ring (bicyclic) bond motifs is 2. The van der Waals surface area contributed by atoms with Crippen molar-refractivity contribution in [1.82, 2.24) is 29.8 Å². The van der Waals surface area contributed by atoms with Crippen molar-refractivity contribution in [3.8, 4) is 5.69 Å². The fourth-order valence-corrected chi connectivity index (χ4v) is 4.73.